The molecule has 1 aliphatic heterocycles. The molecule has 0 bridgehead atoms. The molecule has 0 aromatic heterocycles. The first-order valence-electron chi connectivity index (χ1n) is 9.05. The van der Waals surface area contributed by atoms with E-state index in [1.165, 1.54) is 24.1 Å². The highest BCUT2D eigenvalue weighted by molar-refractivity contribution is 5.91. The highest BCUT2D eigenvalue weighted by atomic mass is 16.5. The molecule has 0 aliphatic carbocycles. The number of anilines is 2. The van der Waals surface area contributed by atoms with Gasteiger partial charge in [0.1, 0.15) is 0 Å². The van der Waals surface area contributed by atoms with E-state index in [1.54, 1.807) is 26.4 Å². The van der Waals surface area contributed by atoms with E-state index in [0.717, 1.165) is 19.5 Å². The smallest absolute Gasteiger partial charge is 0.224 e. The van der Waals surface area contributed by atoms with Gasteiger partial charge in [-0.15, -0.1) is 0 Å². The van der Waals surface area contributed by atoms with Crippen LogP contribution in [0.15, 0.2) is 42.5 Å². The van der Waals surface area contributed by atoms with Crippen molar-refractivity contribution in [1.82, 2.24) is 0 Å². The molecule has 0 unspecified atom stereocenters. The Morgan fingerprint density at radius 2 is 1.69 bits per heavy atom. The topological polar surface area (TPSA) is 50.8 Å². The standard InChI is InChI=1S/C21H26N2O3/c1-25-19-11-8-17(15-20(19)26-2)22-21(24)12-7-16-5-9-18(10-6-16)23-13-3-4-14-23/h5-6,8-11,15H,3-4,7,12-14H2,1-2H3,(H,22,24). The second-order valence-corrected chi connectivity index (χ2v) is 6.48. The van der Waals surface area contributed by atoms with Crippen LogP contribution >= 0.6 is 0 Å². The zero-order valence-corrected chi connectivity index (χ0v) is 15.5. The zero-order chi connectivity index (χ0) is 18.4. The Morgan fingerprint density at radius 3 is 2.35 bits per heavy atom. The van der Waals surface area contributed by atoms with Crippen molar-refractivity contribution < 1.29 is 14.3 Å². The summed E-state index contributed by atoms with van der Waals surface area (Å²) >= 11 is 0. The lowest BCUT2D eigenvalue weighted by Gasteiger charge is -2.17. The quantitative estimate of drug-likeness (QED) is 0.820. The van der Waals surface area contributed by atoms with Gasteiger partial charge in [0, 0.05) is 37.0 Å². The summed E-state index contributed by atoms with van der Waals surface area (Å²) in [5, 5.41) is 2.91. The Labute approximate surface area is 154 Å². The summed E-state index contributed by atoms with van der Waals surface area (Å²) in [6, 6.07) is 13.9. The summed E-state index contributed by atoms with van der Waals surface area (Å²) < 4.78 is 10.5. The Bertz CT molecular complexity index is 737. The van der Waals surface area contributed by atoms with Gasteiger partial charge in [-0.05, 0) is 49.1 Å². The second kappa shape index (κ2) is 8.61. The number of nitrogens with one attached hydrogen (secondary N) is 1. The van der Waals surface area contributed by atoms with Gasteiger partial charge in [-0.3, -0.25) is 4.79 Å². The molecule has 1 fully saturated rings. The molecule has 5 heteroatoms. The lowest BCUT2D eigenvalue weighted by Crippen LogP contribution is -2.17. The number of carbonyl (C=O) groups excluding carboxylic acids is 1. The molecule has 2 aromatic rings. The number of amides is 1. The van der Waals surface area contributed by atoms with E-state index in [4.69, 9.17) is 9.47 Å². The van der Waals surface area contributed by atoms with Crippen molar-refractivity contribution in [2.45, 2.75) is 25.7 Å². The van der Waals surface area contributed by atoms with E-state index < -0.39 is 0 Å². The van der Waals surface area contributed by atoms with E-state index >= 15 is 0 Å². The Kier molecular flexibility index (Phi) is 6.00. The van der Waals surface area contributed by atoms with Crippen molar-refractivity contribution in [3.05, 3.63) is 48.0 Å². The third kappa shape index (κ3) is 4.48. The average Bonchev–Trinajstić information content (AvgIpc) is 3.21. The maximum atomic E-state index is 12.2. The van der Waals surface area contributed by atoms with Crippen LogP contribution < -0.4 is 19.7 Å². The fourth-order valence-electron chi connectivity index (χ4n) is 3.24. The van der Waals surface area contributed by atoms with Gasteiger partial charge in [0.25, 0.3) is 0 Å². The minimum Gasteiger partial charge on any atom is -0.493 e. The number of methoxy groups -OCH3 is 2. The van der Waals surface area contributed by atoms with Crippen LogP contribution in [-0.4, -0.2) is 33.2 Å². The molecule has 2 aromatic carbocycles. The predicted octanol–water partition coefficient (Wildman–Crippen LogP) is 3.88. The molecule has 1 heterocycles. The fraction of sp³-hybridized carbons (Fsp3) is 0.381. The first-order chi connectivity index (χ1) is 12.7. The highest BCUT2D eigenvalue weighted by Gasteiger charge is 2.12. The van der Waals surface area contributed by atoms with Gasteiger partial charge in [0.05, 0.1) is 14.2 Å². The molecule has 1 N–H and O–H groups in total. The van der Waals surface area contributed by atoms with Crippen LogP contribution in [0.3, 0.4) is 0 Å². The summed E-state index contributed by atoms with van der Waals surface area (Å²) in [6.45, 7) is 2.29. The van der Waals surface area contributed by atoms with Gasteiger partial charge in [0.2, 0.25) is 5.91 Å². The van der Waals surface area contributed by atoms with Crippen LogP contribution in [0.1, 0.15) is 24.8 Å². The molecule has 0 atom stereocenters. The fourth-order valence-corrected chi connectivity index (χ4v) is 3.24. The lowest BCUT2D eigenvalue weighted by molar-refractivity contribution is -0.116. The zero-order valence-electron chi connectivity index (χ0n) is 15.5. The molecule has 1 aliphatic rings. The maximum Gasteiger partial charge on any atom is 0.224 e. The van der Waals surface area contributed by atoms with Crippen LogP contribution in [0.2, 0.25) is 0 Å². The van der Waals surface area contributed by atoms with Gasteiger partial charge < -0.3 is 19.7 Å². The first-order valence-corrected chi connectivity index (χ1v) is 9.05. The Balaban J connectivity index is 1.52. The molecule has 0 radical (unpaired) electrons. The summed E-state index contributed by atoms with van der Waals surface area (Å²) in [5.41, 5.74) is 3.16. The summed E-state index contributed by atoms with van der Waals surface area (Å²) in [6.07, 6.45) is 3.72. The van der Waals surface area contributed by atoms with Gasteiger partial charge in [-0.25, -0.2) is 0 Å². The van der Waals surface area contributed by atoms with Crippen LogP contribution in [0, 0.1) is 0 Å². The minimum atomic E-state index is -0.0131. The number of benzene rings is 2. The van der Waals surface area contributed by atoms with Crippen molar-refractivity contribution >= 4 is 17.3 Å². The van der Waals surface area contributed by atoms with Crippen LogP contribution in [0.4, 0.5) is 11.4 Å². The largest absolute Gasteiger partial charge is 0.493 e. The molecule has 0 saturated carbocycles. The van der Waals surface area contributed by atoms with E-state index in [9.17, 15) is 4.79 Å². The van der Waals surface area contributed by atoms with E-state index in [1.807, 2.05) is 6.07 Å². The summed E-state index contributed by atoms with van der Waals surface area (Å²) in [4.78, 5) is 14.6. The van der Waals surface area contributed by atoms with Crippen molar-refractivity contribution in [2.24, 2.45) is 0 Å². The number of ether oxygens (including phenoxy) is 2. The highest BCUT2D eigenvalue weighted by Crippen LogP contribution is 2.29. The number of nitrogens with zero attached hydrogens (tertiary/aromatic N) is 1. The Morgan fingerprint density at radius 1 is 1.00 bits per heavy atom. The molecule has 1 saturated heterocycles. The van der Waals surface area contributed by atoms with Crippen molar-refractivity contribution in [3.8, 4) is 11.5 Å². The first kappa shape index (κ1) is 18.1. The van der Waals surface area contributed by atoms with E-state index in [0.29, 0.717) is 23.6 Å². The lowest BCUT2D eigenvalue weighted by atomic mass is 10.1. The van der Waals surface area contributed by atoms with E-state index in [-0.39, 0.29) is 5.91 Å². The molecule has 3 rings (SSSR count). The minimum absolute atomic E-state index is 0.0131. The molecule has 138 valence electrons. The monoisotopic (exact) mass is 354 g/mol. The van der Waals surface area contributed by atoms with Crippen molar-refractivity contribution in [1.29, 1.82) is 0 Å². The molecule has 0 spiro atoms. The summed E-state index contributed by atoms with van der Waals surface area (Å²) in [5.74, 6) is 1.23. The normalized spacial score (nSPS) is 13.5. The van der Waals surface area contributed by atoms with Gasteiger partial charge in [0.15, 0.2) is 11.5 Å². The van der Waals surface area contributed by atoms with Crippen LogP contribution in [0.25, 0.3) is 0 Å². The van der Waals surface area contributed by atoms with Gasteiger partial charge >= 0.3 is 0 Å². The van der Waals surface area contributed by atoms with Gasteiger partial charge in [-0.1, -0.05) is 12.1 Å². The van der Waals surface area contributed by atoms with Crippen LogP contribution in [-0.2, 0) is 11.2 Å². The molecular formula is C21H26N2O3. The van der Waals surface area contributed by atoms with Crippen molar-refractivity contribution in [2.75, 3.05) is 37.5 Å². The third-order valence-corrected chi connectivity index (χ3v) is 4.72. The van der Waals surface area contributed by atoms with Gasteiger partial charge in [-0.2, -0.15) is 0 Å². The van der Waals surface area contributed by atoms with Crippen molar-refractivity contribution in [3.63, 3.8) is 0 Å². The predicted molar refractivity (Wildman–Crippen MR) is 104 cm³/mol. The number of rotatable bonds is 7. The molecule has 26 heavy (non-hydrogen) atoms. The molecule has 1 amide bonds. The SMILES string of the molecule is COc1ccc(NC(=O)CCc2ccc(N3CCCC3)cc2)cc1OC. The molecule has 5 nitrogen and oxygen atoms in total. The number of hydrogen-bond donors (Lipinski definition) is 1. The number of aryl methyl sites for hydroxylation is 1. The molecular weight excluding hydrogens is 328 g/mol. The second-order valence-electron chi connectivity index (χ2n) is 6.48. The average molecular weight is 354 g/mol. The summed E-state index contributed by atoms with van der Waals surface area (Å²) in [7, 11) is 3.17. The van der Waals surface area contributed by atoms with E-state index in [2.05, 4.69) is 34.5 Å². The third-order valence-electron chi connectivity index (χ3n) is 4.72. The number of carbonyl (C=O) groups is 1. The Hall–Kier alpha value is -2.69. The maximum absolute atomic E-state index is 12.2. The number of hydrogen-bond acceptors (Lipinski definition) is 4. The van der Waals surface area contributed by atoms with Crippen LogP contribution in [0.5, 0.6) is 11.5 Å².